The maximum Gasteiger partial charge on any atom is 0.264 e. The summed E-state index contributed by atoms with van der Waals surface area (Å²) in [6.07, 6.45) is 1.73. The molecule has 2 N–H and O–H groups in total. The first-order valence-electron chi connectivity index (χ1n) is 12.5. The number of anilines is 2. The number of nitrogens with one attached hydrogen (secondary N) is 2. The fraction of sp³-hybridized carbons (Fsp3) is 0.286. The lowest BCUT2D eigenvalue weighted by atomic mass is 10.1. The first-order valence-corrected chi connectivity index (χ1v) is 14.0. The number of benzene rings is 3. The van der Waals surface area contributed by atoms with Crippen molar-refractivity contribution in [3.63, 3.8) is 0 Å². The minimum absolute atomic E-state index is 0.0586. The molecule has 1 aliphatic heterocycles. The van der Waals surface area contributed by atoms with Gasteiger partial charge in [0.1, 0.15) is 12.4 Å². The summed E-state index contributed by atoms with van der Waals surface area (Å²) in [7, 11) is -1.55. The molecule has 10 nitrogen and oxygen atoms in total. The molecule has 3 aromatic carbocycles. The molecule has 0 spiro atoms. The van der Waals surface area contributed by atoms with Crippen LogP contribution < -0.4 is 24.4 Å². The molecule has 1 fully saturated rings. The second kappa shape index (κ2) is 12.8. The van der Waals surface area contributed by atoms with Gasteiger partial charge in [0.2, 0.25) is 5.91 Å². The molecule has 1 aliphatic rings. The summed E-state index contributed by atoms with van der Waals surface area (Å²) in [5, 5.41) is 5.45. The number of carbonyl (C=O) groups excluding carboxylic acids is 2. The number of nitrogens with zero attached hydrogens (tertiary/aromatic N) is 1. The first kappa shape index (κ1) is 28.8. The van der Waals surface area contributed by atoms with Crippen molar-refractivity contribution < 1.29 is 36.6 Å². The predicted octanol–water partition coefficient (Wildman–Crippen LogP) is 3.59. The molecule has 3 aromatic rings. The third-order valence-corrected chi connectivity index (χ3v) is 8.07. The van der Waals surface area contributed by atoms with E-state index in [0.717, 1.165) is 29.3 Å². The Labute approximate surface area is 232 Å². The van der Waals surface area contributed by atoms with E-state index in [-0.39, 0.29) is 33.7 Å². The fourth-order valence-electron chi connectivity index (χ4n) is 4.24. The smallest absolute Gasteiger partial charge is 0.264 e. The monoisotopic (exact) mass is 571 g/mol. The van der Waals surface area contributed by atoms with Gasteiger partial charge >= 0.3 is 0 Å². The number of carbonyl (C=O) groups is 2. The summed E-state index contributed by atoms with van der Waals surface area (Å²) < 4.78 is 58.0. The van der Waals surface area contributed by atoms with Crippen LogP contribution >= 0.6 is 0 Å². The van der Waals surface area contributed by atoms with Gasteiger partial charge in [0.25, 0.3) is 15.9 Å². The van der Waals surface area contributed by atoms with Crippen LogP contribution in [-0.2, 0) is 19.6 Å². The van der Waals surface area contributed by atoms with Crippen LogP contribution in [0, 0.1) is 5.82 Å². The summed E-state index contributed by atoms with van der Waals surface area (Å²) in [4.78, 5) is 25.9. The van der Waals surface area contributed by atoms with Crippen LogP contribution in [0.2, 0.25) is 0 Å². The highest BCUT2D eigenvalue weighted by molar-refractivity contribution is 7.92. The van der Waals surface area contributed by atoms with E-state index in [2.05, 4.69) is 10.6 Å². The molecule has 0 radical (unpaired) electrons. The summed E-state index contributed by atoms with van der Waals surface area (Å²) in [6, 6.07) is 15.1. The molecule has 0 aromatic heterocycles. The van der Waals surface area contributed by atoms with Crippen molar-refractivity contribution >= 4 is 33.2 Å². The highest BCUT2D eigenvalue weighted by atomic mass is 32.2. The number of amides is 2. The summed E-state index contributed by atoms with van der Waals surface area (Å²) in [5.41, 5.74) is 0.485. The lowest BCUT2D eigenvalue weighted by molar-refractivity contribution is -0.114. The molecule has 2 amide bonds. The van der Waals surface area contributed by atoms with E-state index in [1.807, 2.05) is 0 Å². The summed E-state index contributed by atoms with van der Waals surface area (Å²) in [6.45, 7) is 0.334. The lowest BCUT2D eigenvalue weighted by Gasteiger charge is -2.25. The second-order valence-corrected chi connectivity index (χ2v) is 10.8. The number of ether oxygens (including phenoxy) is 3. The predicted molar refractivity (Wildman–Crippen MR) is 147 cm³/mol. The topological polar surface area (TPSA) is 123 Å². The van der Waals surface area contributed by atoms with E-state index in [9.17, 15) is 22.4 Å². The van der Waals surface area contributed by atoms with Crippen molar-refractivity contribution in [2.75, 3.05) is 43.5 Å². The molecule has 1 saturated heterocycles. The van der Waals surface area contributed by atoms with E-state index in [0.29, 0.717) is 18.9 Å². The molecule has 4 rings (SSSR count). The lowest BCUT2D eigenvalue weighted by Crippen LogP contribution is -2.38. The first-order chi connectivity index (χ1) is 19.2. The van der Waals surface area contributed by atoms with E-state index in [4.69, 9.17) is 14.2 Å². The van der Waals surface area contributed by atoms with Gasteiger partial charge in [-0.3, -0.25) is 13.9 Å². The average Bonchev–Trinajstić information content (AvgIpc) is 3.49. The molecule has 0 bridgehead atoms. The van der Waals surface area contributed by atoms with Gasteiger partial charge in [-0.05, 0) is 61.4 Å². The van der Waals surface area contributed by atoms with Crippen LogP contribution in [-0.4, -0.2) is 60.3 Å². The van der Waals surface area contributed by atoms with Gasteiger partial charge in [0, 0.05) is 19.2 Å². The molecular weight excluding hydrogens is 541 g/mol. The van der Waals surface area contributed by atoms with Crippen molar-refractivity contribution in [1.82, 2.24) is 5.32 Å². The van der Waals surface area contributed by atoms with Crippen molar-refractivity contribution in [1.29, 1.82) is 0 Å². The molecule has 0 saturated carbocycles. The molecule has 0 aliphatic carbocycles. The normalized spacial score (nSPS) is 14.8. The van der Waals surface area contributed by atoms with Crippen molar-refractivity contribution in [2.24, 2.45) is 0 Å². The molecule has 1 atom stereocenters. The van der Waals surface area contributed by atoms with E-state index >= 15 is 0 Å². The molecular formula is C28H30FN3O7S. The van der Waals surface area contributed by atoms with Crippen LogP contribution in [0.25, 0.3) is 0 Å². The number of sulfonamides is 1. The van der Waals surface area contributed by atoms with Crippen LogP contribution in [0.5, 0.6) is 11.5 Å². The number of hydrogen-bond acceptors (Lipinski definition) is 7. The maximum absolute atomic E-state index is 13.7. The summed E-state index contributed by atoms with van der Waals surface area (Å²) in [5.74, 6) is -1.19. The zero-order valence-electron chi connectivity index (χ0n) is 22.1. The zero-order chi connectivity index (χ0) is 28.7. The Kier molecular flexibility index (Phi) is 9.22. The molecule has 1 heterocycles. The van der Waals surface area contributed by atoms with Gasteiger partial charge in [0.15, 0.2) is 11.5 Å². The van der Waals surface area contributed by atoms with Crippen LogP contribution in [0.4, 0.5) is 15.8 Å². The van der Waals surface area contributed by atoms with Gasteiger partial charge in [-0.2, -0.15) is 0 Å². The van der Waals surface area contributed by atoms with Crippen LogP contribution in [0.1, 0.15) is 23.2 Å². The highest BCUT2D eigenvalue weighted by Crippen LogP contribution is 2.32. The van der Waals surface area contributed by atoms with Gasteiger partial charge in [-0.25, -0.2) is 12.8 Å². The highest BCUT2D eigenvalue weighted by Gasteiger charge is 2.29. The minimum Gasteiger partial charge on any atom is -0.493 e. The Morgan fingerprint density at radius 1 is 1.02 bits per heavy atom. The number of methoxy groups -OCH3 is 2. The Balaban J connectivity index is 1.58. The Morgan fingerprint density at radius 2 is 1.75 bits per heavy atom. The number of halogens is 1. The standard InChI is InChI=1S/C28H30FN3O7S/c1-37-25-14-13-22(16-26(25)38-2)40(35,36)32(20-11-9-19(29)10-12-20)18-27(33)31-24-8-4-3-7-23(24)28(34)30-17-21-6-5-15-39-21/h3-4,7-14,16,21H,5-6,15,17-18H2,1-2H3,(H,30,34)(H,31,33)/t21-/m1/s1. The quantitative estimate of drug-likeness (QED) is 0.361. The van der Waals surface area contributed by atoms with E-state index < -0.39 is 34.2 Å². The zero-order valence-corrected chi connectivity index (χ0v) is 22.9. The number of hydrogen-bond donors (Lipinski definition) is 2. The Hall–Kier alpha value is -4.16. The third kappa shape index (κ3) is 6.69. The number of rotatable bonds is 11. The van der Waals surface area contributed by atoms with Crippen LogP contribution in [0.15, 0.2) is 71.6 Å². The van der Waals surface area contributed by atoms with Gasteiger partial charge < -0.3 is 24.8 Å². The van der Waals surface area contributed by atoms with Gasteiger partial charge in [0.05, 0.1) is 42.2 Å². The van der Waals surface area contributed by atoms with Gasteiger partial charge in [-0.15, -0.1) is 0 Å². The van der Waals surface area contributed by atoms with E-state index in [1.54, 1.807) is 24.3 Å². The van der Waals surface area contributed by atoms with Crippen molar-refractivity contribution in [3.05, 3.63) is 78.1 Å². The molecule has 0 unspecified atom stereocenters. The van der Waals surface area contributed by atoms with Gasteiger partial charge in [-0.1, -0.05) is 12.1 Å². The molecule has 212 valence electrons. The fourth-order valence-corrected chi connectivity index (χ4v) is 5.68. The van der Waals surface area contributed by atoms with E-state index in [1.165, 1.54) is 44.6 Å². The number of para-hydroxylation sites is 1. The Bertz CT molecular complexity index is 1460. The third-order valence-electron chi connectivity index (χ3n) is 6.30. The largest absolute Gasteiger partial charge is 0.493 e. The average molecular weight is 572 g/mol. The minimum atomic E-state index is -4.34. The molecule has 12 heteroatoms. The molecule has 40 heavy (non-hydrogen) atoms. The Morgan fingerprint density at radius 3 is 2.42 bits per heavy atom. The SMILES string of the molecule is COc1ccc(S(=O)(=O)N(CC(=O)Nc2ccccc2C(=O)NC[C@H]2CCCO2)c2ccc(F)cc2)cc1OC. The summed E-state index contributed by atoms with van der Waals surface area (Å²) >= 11 is 0. The van der Waals surface area contributed by atoms with Crippen molar-refractivity contribution in [3.8, 4) is 11.5 Å². The second-order valence-electron chi connectivity index (χ2n) is 8.94. The maximum atomic E-state index is 13.7. The van der Waals surface area contributed by atoms with Crippen molar-refractivity contribution in [2.45, 2.75) is 23.8 Å². The van der Waals surface area contributed by atoms with Crippen LogP contribution in [0.3, 0.4) is 0 Å².